The molecule has 3 heterocycles. The summed E-state index contributed by atoms with van der Waals surface area (Å²) in [7, 11) is 0. The van der Waals surface area contributed by atoms with Crippen LogP contribution in [0, 0.1) is 5.92 Å². The molecule has 7 heteroatoms. The van der Waals surface area contributed by atoms with Crippen molar-refractivity contribution in [3.05, 3.63) is 42.1 Å². The number of fused-ring (bicyclic) bond motifs is 1. The molecule has 0 bridgehead atoms. The standard InChI is InChI=1S/C19H27N7/c1-2-4-16(5-3-1)14-25-10-6-17-18(7-11-25)21-15-22-19(17)20-8-12-26-13-9-23-24-26/h1-2,9,13,15-16H,3-8,10-12,14H2,(H,20,21,22). The third kappa shape index (κ3) is 4.27. The van der Waals surface area contributed by atoms with Gasteiger partial charge in [-0.1, -0.05) is 17.4 Å². The first-order valence-corrected chi connectivity index (χ1v) is 9.66. The van der Waals surface area contributed by atoms with Crippen LogP contribution in [0.15, 0.2) is 30.9 Å². The predicted molar refractivity (Wildman–Crippen MR) is 101 cm³/mol. The Balaban J connectivity index is 1.35. The second-order valence-corrected chi connectivity index (χ2v) is 7.19. The Morgan fingerprint density at radius 1 is 1.15 bits per heavy atom. The highest BCUT2D eigenvalue weighted by Crippen LogP contribution is 2.23. The number of hydrogen-bond acceptors (Lipinski definition) is 6. The molecule has 1 atom stereocenters. The molecule has 0 aromatic carbocycles. The molecule has 2 aromatic heterocycles. The van der Waals surface area contributed by atoms with Crippen molar-refractivity contribution in [3.8, 4) is 0 Å². The third-order valence-corrected chi connectivity index (χ3v) is 5.38. The van der Waals surface area contributed by atoms with Crippen molar-refractivity contribution in [2.24, 2.45) is 5.92 Å². The van der Waals surface area contributed by atoms with Crippen LogP contribution in [0.4, 0.5) is 5.82 Å². The van der Waals surface area contributed by atoms with E-state index < -0.39 is 0 Å². The maximum absolute atomic E-state index is 4.56. The van der Waals surface area contributed by atoms with Crippen LogP contribution in [0.25, 0.3) is 0 Å². The lowest BCUT2D eigenvalue weighted by Crippen LogP contribution is -2.32. The number of aromatic nitrogens is 5. The normalized spacial score (nSPS) is 20.5. The molecular weight excluding hydrogens is 326 g/mol. The molecule has 138 valence electrons. The Morgan fingerprint density at radius 3 is 2.96 bits per heavy atom. The Hall–Kier alpha value is -2.28. The van der Waals surface area contributed by atoms with Gasteiger partial charge in [0.1, 0.15) is 12.1 Å². The molecular formula is C19H27N7. The Morgan fingerprint density at radius 2 is 2.12 bits per heavy atom. The molecule has 0 fully saturated rings. The Bertz CT molecular complexity index is 725. The Labute approximate surface area is 154 Å². The number of rotatable bonds is 6. The van der Waals surface area contributed by atoms with Crippen molar-refractivity contribution in [1.82, 2.24) is 29.9 Å². The van der Waals surface area contributed by atoms with Crippen LogP contribution in [0.3, 0.4) is 0 Å². The van der Waals surface area contributed by atoms with E-state index in [1.54, 1.807) is 12.5 Å². The smallest absolute Gasteiger partial charge is 0.132 e. The summed E-state index contributed by atoms with van der Waals surface area (Å²) in [6.07, 6.45) is 15.8. The number of nitrogens with zero attached hydrogens (tertiary/aromatic N) is 6. The zero-order valence-corrected chi connectivity index (χ0v) is 15.2. The molecule has 0 saturated carbocycles. The summed E-state index contributed by atoms with van der Waals surface area (Å²) in [6.45, 7) is 4.97. The van der Waals surface area contributed by atoms with E-state index in [0.29, 0.717) is 0 Å². The summed E-state index contributed by atoms with van der Waals surface area (Å²) >= 11 is 0. The molecule has 1 N–H and O–H groups in total. The first-order chi connectivity index (χ1) is 12.9. The maximum atomic E-state index is 4.56. The van der Waals surface area contributed by atoms with E-state index >= 15 is 0 Å². The van der Waals surface area contributed by atoms with Crippen LogP contribution in [-0.4, -0.2) is 56.0 Å². The largest absolute Gasteiger partial charge is 0.368 e. The zero-order valence-electron chi connectivity index (χ0n) is 15.2. The fraction of sp³-hybridized carbons (Fsp3) is 0.579. The van der Waals surface area contributed by atoms with Crippen molar-refractivity contribution in [2.75, 3.05) is 31.5 Å². The van der Waals surface area contributed by atoms with Gasteiger partial charge in [-0.25, -0.2) is 9.97 Å². The third-order valence-electron chi connectivity index (χ3n) is 5.38. The lowest BCUT2D eigenvalue weighted by Gasteiger charge is -2.26. The molecule has 0 amide bonds. The minimum Gasteiger partial charge on any atom is -0.368 e. The van der Waals surface area contributed by atoms with Gasteiger partial charge in [-0.05, 0) is 31.6 Å². The maximum Gasteiger partial charge on any atom is 0.132 e. The van der Waals surface area contributed by atoms with Crippen LogP contribution in [0.5, 0.6) is 0 Å². The van der Waals surface area contributed by atoms with E-state index in [2.05, 4.69) is 42.6 Å². The average molecular weight is 353 g/mol. The molecule has 26 heavy (non-hydrogen) atoms. The van der Waals surface area contributed by atoms with Crippen LogP contribution < -0.4 is 5.32 Å². The molecule has 7 nitrogen and oxygen atoms in total. The van der Waals surface area contributed by atoms with Crippen LogP contribution in [0.2, 0.25) is 0 Å². The highest BCUT2D eigenvalue weighted by molar-refractivity contribution is 5.46. The molecule has 0 spiro atoms. The van der Waals surface area contributed by atoms with Crippen molar-refractivity contribution in [1.29, 1.82) is 0 Å². The van der Waals surface area contributed by atoms with Gasteiger partial charge in [0.15, 0.2) is 0 Å². The van der Waals surface area contributed by atoms with E-state index in [9.17, 15) is 0 Å². The Kier molecular flexibility index (Phi) is 5.54. The average Bonchev–Trinajstić information content (AvgIpc) is 3.10. The highest BCUT2D eigenvalue weighted by Gasteiger charge is 2.21. The number of hydrogen-bond donors (Lipinski definition) is 1. The fourth-order valence-corrected chi connectivity index (χ4v) is 3.94. The van der Waals surface area contributed by atoms with Gasteiger partial charge in [0, 0.05) is 44.4 Å². The van der Waals surface area contributed by atoms with Crippen LogP contribution in [-0.2, 0) is 19.4 Å². The monoisotopic (exact) mass is 353 g/mol. The van der Waals surface area contributed by atoms with Gasteiger partial charge >= 0.3 is 0 Å². The van der Waals surface area contributed by atoms with E-state index in [1.165, 1.54) is 37.1 Å². The number of nitrogens with one attached hydrogen (secondary N) is 1. The van der Waals surface area contributed by atoms with Crippen molar-refractivity contribution in [3.63, 3.8) is 0 Å². The van der Waals surface area contributed by atoms with Crippen LogP contribution in [0.1, 0.15) is 30.5 Å². The summed E-state index contributed by atoms with van der Waals surface area (Å²) in [5, 5.41) is 11.3. The second-order valence-electron chi connectivity index (χ2n) is 7.19. The predicted octanol–water partition coefficient (Wildman–Crippen LogP) is 1.94. The SMILES string of the molecule is C1=CCC(CN2CCc3ncnc(NCCn4ccnn4)c3CC2)CC1. The molecule has 1 unspecified atom stereocenters. The number of anilines is 1. The lowest BCUT2D eigenvalue weighted by atomic mass is 9.94. The first kappa shape index (κ1) is 17.1. The van der Waals surface area contributed by atoms with Gasteiger partial charge in [-0.15, -0.1) is 5.10 Å². The minimum absolute atomic E-state index is 0.778. The van der Waals surface area contributed by atoms with E-state index in [1.807, 2.05) is 10.9 Å². The lowest BCUT2D eigenvalue weighted by molar-refractivity contribution is 0.231. The molecule has 2 aliphatic rings. The fourth-order valence-electron chi connectivity index (χ4n) is 3.94. The van der Waals surface area contributed by atoms with Gasteiger partial charge in [-0.3, -0.25) is 4.68 Å². The highest BCUT2D eigenvalue weighted by atomic mass is 15.4. The van der Waals surface area contributed by atoms with E-state index in [-0.39, 0.29) is 0 Å². The summed E-state index contributed by atoms with van der Waals surface area (Å²) in [5.41, 5.74) is 2.49. The van der Waals surface area contributed by atoms with Crippen LogP contribution >= 0.6 is 0 Å². The van der Waals surface area contributed by atoms with E-state index in [4.69, 9.17) is 0 Å². The minimum atomic E-state index is 0.778. The van der Waals surface area contributed by atoms with Gasteiger partial charge in [0.05, 0.1) is 18.4 Å². The summed E-state index contributed by atoms with van der Waals surface area (Å²) in [4.78, 5) is 11.7. The van der Waals surface area contributed by atoms with Crippen molar-refractivity contribution in [2.45, 2.75) is 38.6 Å². The van der Waals surface area contributed by atoms with Gasteiger partial charge in [0.25, 0.3) is 0 Å². The molecule has 1 aliphatic heterocycles. The topological polar surface area (TPSA) is 71.8 Å². The molecule has 0 saturated heterocycles. The van der Waals surface area contributed by atoms with Crippen molar-refractivity contribution >= 4 is 5.82 Å². The second kappa shape index (κ2) is 8.40. The van der Waals surface area contributed by atoms with Gasteiger partial charge < -0.3 is 10.2 Å². The summed E-state index contributed by atoms with van der Waals surface area (Å²) in [6, 6.07) is 0. The molecule has 2 aromatic rings. The zero-order chi connectivity index (χ0) is 17.6. The molecule has 0 radical (unpaired) electrons. The number of allylic oxidation sites excluding steroid dienone is 2. The van der Waals surface area contributed by atoms with Gasteiger partial charge in [-0.2, -0.15) is 0 Å². The summed E-state index contributed by atoms with van der Waals surface area (Å²) in [5.74, 6) is 1.80. The van der Waals surface area contributed by atoms with Gasteiger partial charge in [0.2, 0.25) is 0 Å². The summed E-state index contributed by atoms with van der Waals surface area (Å²) < 4.78 is 1.83. The quantitative estimate of drug-likeness (QED) is 0.800. The molecule has 1 aliphatic carbocycles. The first-order valence-electron chi connectivity index (χ1n) is 9.66. The van der Waals surface area contributed by atoms with Crippen molar-refractivity contribution < 1.29 is 0 Å². The van der Waals surface area contributed by atoms with E-state index in [0.717, 1.165) is 50.8 Å². The molecule has 4 rings (SSSR count).